The van der Waals surface area contributed by atoms with Gasteiger partial charge in [0, 0.05) is 0 Å². The minimum atomic E-state index is -3.80. The van der Waals surface area contributed by atoms with Gasteiger partial charge in [-0.1, -0.05) is 18.2 Å². The number of anilines is 1. The molecule has 32 heavy (non-hydrogen) atoms. The first-order valence-corrected chi connectivity index (χ1v) is 11.6. The molecule has 0 atom stereocenters. The Morgan fingerprint density at radius 3 is 2.44 bits per heavy atom. The minimum Gasteiger partial charge on any atom is -0.484 e. The zero-order valence-corrected chi connectivity index (χ0v) is 18.6. The maximum absolute atomic E-state index is 12.7. The van der Waals surface area contributed by atoms with Gasteiger partial charge in [0.25, 0.3) is 21.8 Å². The molecule has 166 valence electrons. The number of thiophene rings is 1. The molecule has 0 aliphatic heterocycles. The maximum Gasteiger partial charge on any atom is 0.273 e. The first kappa shape index (κ1) is 23.0. The quantitative estimate of drug-likeness (QED) is 0.324. The third kappa shape index (κ3) is 5.93. The Morgan fingerprint density at radius 2 is 1.78 bits per heavy atom. The molecule has 0 fully saturated rings. The van der Waals surface area contributed by atoms with Crippen LogP contribution in [-0.4, -0.2) is 32.6 Å². The van der Waals surface area contributed by atoms with E-state index in [0.717, 1.165) is 11.3 Å². The van der Waals surface area contributed by atoms with Crippen LogP contribution in [-0.2, 0) is 14.8 Å². The highest BCUT2D eigenvalue weighted by molar-refractivity contribution is 7.94. The predicted molar refractivity (Wildman–Crippen MR) is 122 cm³/mol. The van der Waals surface area contributed by atoms with Crippen LogP contribution in [0.1, 0.15) is 22.8 Å². The fraction of sp³-hybridized carbons (Fsp3) is 0.0952. The second-order valence-corrected chi connectivity index (χ2v) is 9.36. The number of hydrogen-bond donors (Lipinski definition) is 3. The molecule has 2 amide bonds. The maximum atomic E-state index is 12.7. The summed E-state index contributed by atoms with van der Waals surface area (Å²) in [5.41, 5.74) is 8.97. The van der Waals surface area contributed by atoms with E-state index in [0.29, 0.717) is 17.0 Å². The van der Waals surface area contributed by atoms with Crippen molar-refractivity contribution in [3.63, 3.8) is 0 Å². The molecular weight excluding hydrogens is 452 g/mol. The summed E-state index contributed by atoms with van der Waals surface area (Å²) in [5, 5.41) is 5.74. The van der Waals surface area contributed by atoms with Gasteiger partial charge in [-0.15, -0.1) is 11.3 Å². The van der Waals surface area contributed by atoms with Gasteiger partial charge in [0.05, 0.1) is 17.0 Å². The predicted octanol–water partition coefficient (Wildman–Crippen LogP) is 2.57. The van der Waals surface area contributed by atoms with Crippen LogP contribution in [0.2, 0.25) is 0 Å². The van der Waals surface area contributed by atoms with E-state index in [1.165, 1.54) is 18.2 Å². The number of para-hydroxylation sites is 1. The molecule has 1 heterocycles. The molecule has 3 aromatic rings. The van der Waals surface area contributed by atoms with E-state index >= 15 is 0 Å². The number of carbonyl (C=O) groups is 2. The fourth-order valence-electron chi connectivity index (χ4n) is 2.59. The van der Waals surface area contributed by atoms with Gasteiger partial charge in [0.1, 0.15) is 9.96 Å². The molecule has 0 aliphatic rings. The summed E-state index contributed by atoms with van der Waals surface area (Å²) >= 11 is 1.08. The van der Waals surface area contributed by atoms with E-state index in [1.54, 1.807) is 54.8 Å². The average Bonchev–Trinajstić information content (AvgIpc) is 3.32. The van der Waals surface area contributed by atoms with Crippen LogP contribution in [0.25, 0.3) is 0 Å². The van der Waals surface area contributed by atoms with Crippen molar-refractivity contribution in [1.29, 1.82) is 0 Å². The topological polar surface area (TPSA) is 140 Å². The third-order valence-corrected chi connectivity index (χ3v) is 6.92. The highest BCUT2D eigenvalue weighted by atomic mass is 32.2. The number of benzene rings is 2. The smallest absolute Gasteiger partial charge is 0.273 e. The van der Waals surface area contributed by atoms with Crippen molar-refractivity contribution in [3.05, 3.63) is 77.2 Å². The molecule has 11 heteroatoms. The lowest BCUT2D eigenvalue weighted by molar-refractivity contribution is -0.119. The molecule has 0 aliphatic carbocycles. The van der Waals surface area contributed by atoms with Gasteiger partial charge in [0.2, 0.25) is 0 Å². The van der Waals surface area contributed by atoms with E-state index < -0.39 is 21.8 Å². The number of ether oxygens (including phenoxy) is 1. The van der Waals surface area contributed by atoms with Gasteiger partial charge in [-0.25, -0.2) is 13.8 Å². The lowest BCUT2D eigenvalue weighted by Crippen LogP contribution is -2.22. The number of hydrazone groups is 1. The first-order chi connectivity index (χ1) is 15.3. The van der Waals surface area contributed by atoms with E-state index in [9.17, 15) is 18.0 Å². The molecule has 3 rings (SSSR count). The molecule has 0 radical (unpaired) electrons. The van der Waals surface area contributed by atoms with Crippen LogP contribution >= 0.6 is 11.3 Å². The van der Waals surface area contributed by atoms with Crippen molar-refractivity contribution >= 4 is 44.6 Å². The van der Waals surface area contributed by atoms with Gasteiger partial charge in [0.15, 0.2) is 6.61 Å². The number of amides is 2. The van der Waals surface area contributed by atoms with Gasteiger partial charge >= 0.3 is 0 Å². The number of nitrogens with one attached hydrogen (secondary N) is 2. The summed E-state index contributed by atoms with van der Waals surface area (Å²) in [7, 11) is -3.80. The number of carbonyl (C=O) groups excluding carboxylic acids is 2. The molecule has 9 nitrogen and oxygen atoms in total. The number of primary amides is 1. The molecule has 0 spiro atoms. The second-order valence-electron chi connectivity index (χ2n) is 6.50. The van der Waals surface area contributed by atoms with Crippen LogP contribution < -0.4 is 20.6 Å². The van der Waals surface area contributed by atoms with E-state index in [1.807, 2.05) is 0 Å². The SMILES string of the molecule is C/C(=N\NC(=O)c1ccccc1NS(=O)(=O)c1cccs1)c1ccc(OCC(N)=O)cc1. The number of nitrogens with two attached hydrogens (primary N) is 1. The van der Waals surface area contributed by atoms with Gasteiger partial charge in [-0.2, -0.15) is 5.10 Å². The van der Waals surface area contributed by atoms with Crippen molar-refractivity contribution in [2.24, 2.45) is 10.8 Å². The molecule has 1 aromatic heterocycles. The molecule has 0 saturated heterocycles. The normalized spacial score (nSPS) is 11.6. The number of hydrogen-bond acceptors (Lipinski definition) is 7. The number of nitrogens with zero attached hydrogens (tertiary/aromatic N) is 1. The largest absolute Gasteiger partial charge is 0.484 e. The Bertz CT molecular complexity index is 1240. The highest BCUT2D eigenvalue weighted by Crippen LogP contribution is 2.23. The van der Waals surface area contributed by atoms with Crippen LogP contribution in [0.15, 0.2) is 75.4 Å². The van der Waals surface area contributed by atoms with Crippen LogP contribution in [0.3, 0.4) is 0 Å². The highest BCUT2D eigenvalue weighted by Gasteiger charge is 2.19. The summed E-state index contributed by atoms with van der Waals surface area (Å²) in [6.07, 6.45) is 0. The van der Waals surface area contributed by atoms with Crippen LogP contribution in [0.5, 0.6) is 5.75 Å². The van der Waals surface area contributed by atoms with Crippen molar-refractivity contribution in [2.75, 3.05) is 11.3 Å². The molecule has 4 N–H and O–H groups in total. The Labute approximate surface area is 189 Å². The molecule has 0 bridgehead atoms. The minimum absolute atomic E-state index is 0.124. The van der Waals surface area contributed by atoms with Crippen LogP contribution in [0, 0.1) is 0 Å². The van der Waals surface area contributed by atoms with Gasteiger partial charge in [-0.05, 0) is 60.3 Å². The van der Waals surface area contributed by atoms with E-state index in [4.69, 9.17) is 10.5 Å². The second kappa shape index (κ2) is 10.1. The average molecular weight is 473 g/mol. The zero-order valence-electron chi connectivity index (χ0n) is 16.9. The first-order valence-electron chi connectivity index (χ1n) is 9.28. The summed E-state index contributed by atoms with van der Waals surface area (Å²) in [4.78, 5) is 23.4. The monoisotopic (exact) mass is 472 g/mol. The Kier molecular flexibility index (Phi) is 7.23. The summed E-state index contributed by atoms with van der Waals surface area (Å²) < 4.78 is 32.8. The third-order valence-electron chi connectivity index (χ3n) is 4.15. The Balaban J connectivity index is 1.71. The van der Waals surface area contributed by atoms with Crippen molar-refractivity contribution in [2.45, 2.75) is 11.1 Å². The number of rotatable bonds is 9. The Morgan fingerprint density at radius 1 is 1.06 bits per heavy atom. The van der Waals surface area contributed by atoms with E-state index in [-0.39, 0.29) is 22.1 Å². The molecule has 2 aromatic carbocycles. The molecule has 0 saturated carbocycles. The lowest BCUT2D eigenvalue weighted by Gasteiger charge is -2.11. The standard InChI is InChI=1S/C21H20N4O5S2/c1-14(15-8-10-16(11-9-15)30-13-19(22)26)23-24-21(27)17-5-2-3-6-18(17)25-32(28,29)20-7-4-12-31-20/h2-12,25H,13H2,1H3,(H2,22,26)(H,24,27)/b23-14+. The lowest BCUT2D eigenvalue weighted by atomic mass is 10.1. The van der Waals surface area contributed by atoms with Gasteiger partial charge < -0.3 is 10.5 Å². The molecule has 0 unspecified atom stereocenters. The molecular formula is C21H20N4O5S2. The van der Waals surface area contributed by atoms with Crippen molar-refractivity contribution in [1.82, 2.24) is 5.43 Å². The fourth-order valence-corrected chi connectivity index (χ4v) is 4.66. The van der Waals surface area contributed by atoms with Crippen LogP contribution in [0.4, 0.5) is 5.69 Å². The number of sulfonamides is 1. The van der Waals surface area contributed by atoms with E-state index in [2.05, 4.69) is 15.2 Å². The zero-order chi connectivity index (χ0) is 23.1. The summed E-state index contributed by atoms with van der Waals surface area (Å²) in [5.74, 6) is -0.681. The Hall–Kier alpha value is -3.70. The van der Waals surface area contributed by atoms with Crippen molar-refractivity contribution in [3.8, 4) is 5.75 Å². The summed E-state index contributed by atoms with van der Waals surface area (Å²) in [6, 6.07) is 16.1. The summed E-state index contributed by atoms with van der Waals surface area (Å²) in [6.45, 7) is 1.48. The van der Waals surface area contributed by atoms with Crippen molar-refractivity contribution < 1.29 is 22.7 Å². The van der Waals surface area contributed by atoms with Gasteiger partial charge in [-0.3, -0.25) is 14.3 Å².